The van der Waals surface area contributed by atoms with Gasteiger partial charge in [0.2, 0.25) is 11.8 Å². The molecule has 0 saturated carbocycles. The lowest BCUT2D eigenvalue weighted by Crippen LogP contribution is -2.14. The molecule has 0 unspecified atom stereocenters. The van der Waals surface area contributed by atoms with Crippen LogP contribution < -0.4 is 11.1 Å². The Bertz CT molecular complexity index is 615. The van der Waals surface area contributed by atoms with Crippen molar-refractivity contribution in [2.24, 2.45) is 0 Å². The van der Waals surface area contributed by atoms with Crippen LogP contribution in [0.25, 0.3) is 0 Å². The van der Waals surface area contributed by atoms with Crippen LogP contribution in [0.4, 0.5) is 11.6 Å². The molecule has 6 heteroatoms. The number of hydrogen-bond donors (Lipinski definition) is 2. The van der Waals surface area contributed by atoms with Gasteiger partial charge in [-0.3, -0.25) is 10.1 Å². The van der Waals surface area contributed by atoms with Crippen LogP contribution in [-0.4, -0.2) is 16.8 Å². The predicted molar refractivity (Wildman–Crippen MR) is 85.4 cm³/mol. The quantitative estimate of drug-likeness (QED) is 0.669. The second-order valence-corrected chi connectivity index (χ2v) is 6.78. The molecule has 1 heterocycles. The number of nitrogens with one attached hydrogen (secondary N) is 1. The number of anilines is 2. The van der Waals surface area contributed by atoms with Crippen molar-refractivity contribution in [3.63, 3.8) is 0 Å². The largest absolute Gasteiger partial charge is 0.399 e. The van der Waals surface area contributed by atoms with Gasteiger partial charge in [0.05, 0.1) is 11.4 Å². The first kappa shape index (κ1) is 15.4. The lowest BCUT2D eigenvalue weighted by Gasteiger charge is -2.12. The van der Waals surface area contributed by atoms with Gasteiger partial charge in [-0.25, -0.2) is 0 Å². The van der Waals surface area contributed by atoms with E-state index in [1.165, 1.54) is 11.8 Å². The van der Waals surface area contributed by atoms with Crippen molar-refractivity contribution >= 4 is 29.2 Å². The first-order valence-electron chi connectivity index (χ1n) is 6.60. The van der Waals surface area contributed by atoms with E-state index in [1.54, 1.807) is 6.07 Å². The Morgan fingerprint density at radius 1 is 1.33 bits per heavy atom. The Morgan fingerprint density at radius 2 is 2.00 bits per heavy atom. The first-order valence-corrected chi connectivity index (χ1v) is 7.58. The summed E-state index contributed by atoms with van der Waals surface area (Å²) in [6.45, 7) is 6.11. The molecule has 1 aromatic carbocycles. The summed E-state index contributed by atoms with van der Waals surface area (Å²) >= 11 is 1.44. The molecule has 1 aromatic heterocycles. The van der Waals surface area contributed by atoms with Gasteiger partial charge < -0.3 is 10.3 Å². The van der Waals surface area contributed by atoms with Gasteiger partial charge in [-0.05, 0) is 24.3 Å². The number of rotatable bonds is 4. The highest BCUT2D eigenvalue weighted by molar-refractivity contribution is 8.00. The molecule has 0 fully saturated rings. The Hall–Kier alpha value is -1.95. The molecule has 0 aliphatic carbocycles. The molecule has 0 spiro atoms. The summed E-state index contributed by atoms with van der Waals surface area (Å²) in [6, 6.07) is 9.16. The van der Waals surface area contributed by atoms with E-state index in [4.69, 9.17) is 10.3 Å². The third-order valence-electron chi connectivity index (χ3n) is 2.79. The van der Waals surface area contributed by atoms with Gasteiger partial charge in [-0.2, -0.15) is 0 Å². The zero-order chi connectivity index (χ0) is 15.5. The van der Waals surface area contributed by atoms with Crippen LogP contribution >= 0.6 is 11.8 Å². The van der Waals surface area contributed by atoms with Crippen LogP contribution in [0.1, 0.15) is 26.5 Å². The second-order valence-electron chi connectivity index (χ2n) is 5.73. The Morgan fingerprint density at radius 3 is 2.57 bits per heavy atom. The van der Waals surface area contributed by atoms with Crippen molar-refractivity contribution < 1.29 is 9.32 Å². The minimum Gasteiger partial charge on any atom is -0.399 e. The fourth-order valence-corrected chi connectivity index (χ4v) is 2.27. The molecular formula is C15H19N3O2S. The Kier molecular flexibility index (Phi) is 4.57. The molecule has 21 heavy (non-hydrogen) atoms. The van der Waals surface area contributed by atoms with Crippen molar-refractivity contribution in [3.8, 4) is 0 Å². The number of nitrogen functional groups attached to an aromatic ring is 1. The number of amides is 1. The molecule has 5 nitrogen and oxygen atoms in total. The maximum atomic E-state index is 11.9. The van der Waals surface area contributed by atoms with E-state index in [9.17, 15) is 4.79 Å². The third kappa shape index (κ3) is 4.53. The molecular weight excluding hydrogens is 286 g/mol. The van der Waals surface area contributed by atoms with Crippen molar-refractivity contribution in [2.75, 3.05) is 16.8 Å². The number of aromatic nitrogens is 1. The number of nitrogens with zero attached hydrogens (tertiary/aromatic N) is 1. The SMILES string of the molecule is CC(C)(C)c1cc(NC(=O)CSc2ccc(N)cc2)on1. The van der Waals surface area contributed by atoms with Gasteiger partial charge in [0.1, 0.15) is 0 Å². The highest BCUT2D eigenvalue weighted by Crippen LogP contribution is 2.24. The summed E-state index contributed by atoms with van der Waals surface area (Å²) in [5.74, 6) is 0.548. The van der Waals surface area contributed by atoms with E-state index in [2.05, 4.69) is 10.5 Å². The number of nitrogens with two attached hydrogens (primary N) is 1. The highest BCUT2D eigenvalue weighted by Gasteiger charge is 2.19. The lowest BCUT2D eigenvalue weighted by atomic mass is 9.92. The van der Waals surface area contributed by atoms with Crippen LogP contribution in [0.15, 0.2) is 39.8 Å². The first-order chi connectivity index (χ1) is 9.84. The van der Waals surface area contributed by atoms with Crippen molar-refractivity contribution in [3.05, 3.63) is 36.0 Å². The lowest BCUT2D eigenvalue weighted by molar-refractivity contribution is -0.113. The van der Waals surface area contributed by atoms with Crippen molar-refractivity contribution in [1.29, 1.82) is 0 Å². The van der Waals surface area contributed by atoms with Crippen LogP contribution in [-0.2, 0) is 10.2 Å². The summed E-state index contributed by atoms with van der Waals surface area (Å²) in [4.78, 5) is 12.9. The van der Waals surface area contributed by atoms with Crippen LogP contribution in [0.2, 0.25) is 0 Å². The Labute approximate surface area is 128 Å². The smallest absolute Gasteiger partial charge is 0.237 e. The molecule has 2 rings (SSSR count). The predicted octanol–water partition coefficient (Wildman–Crippen LogP) is 3.29. The molecule has 2 aromatic rings. The van der Waals surface area contributed by atoms with E-state index in [-0.39, 0.29) is 11.3 Å². The standard InChI is InChI=1S/C15H19N3O2S/c1-15(2,3)12-8-14(20-18-12)17-13(19)9-21-11-6-4-10(16)5-7-11/h4-8H,9,16H2,1-3H3,(H,17,19). The van der Waals surface area contributed by atoms with Crippen LogP contribution in [0, 0.1) is 0 Å². The third-order valence-corrected chi connectivity index (χ3v) is 3.80. The molecule has 0 radical (unpaired) electrons. The van der Waals surface area contributed by atoms with Gasteiger partial charge >= 0.3 is 0 Å². The number of hydrogen-bond acceptors (Lipinski definition) is 5. The minimum atomic E-state index is -0.131. The van der Waals surface area contributed by atoms with E-state index in [0.717, 1.165) is 10.6 Å². The fraction of sp³-hybridized carbons (Fsp3) is 0.333. The monoisotopic (exact) mass is 305 g/mol. The topological polar surface area (TPSA) is 81.2 Å². The molecule has 0 atom stereocenters. The number of carbonyl (C=O) groups is 1. The second kappa shape index (κ2) is 6.22. The molecule has 1 amide bonds. The van der Waals surface area contributed by atoms with Crippen molar-refractivity contribution in [2.45, 2.75) is 31.1 Å². The molecule has 3 N–H and O–H groups in total. The maximum absolute atomic E-state index is 11.9. The summed E-state index contributed by atoms with van der Waals surface area (Å²) in [5.41, 5.74) is 7.03. The summed E-state index contributed by atoms with van der Waals surface area (Å²) in [5, 5.41) is 6.66. The summed E-state index contributed by atoms with van der Waals surface area (Å²) < 4.78 is 5.12. The van der Waals surface area contributed by atoms with E-state index < -0.39 is 0 Å². The van der Waals surface area contributed by atoms with E-state index >= 15 is 0 Å². The van der Waals surface area contributed by atoms with Crippen LogP contribution in [0.3, 0.4) is 0 Å². The maximum Gasteiger partial charge on any atom is 0.237 e. The normalized spacial score (nSPS) is 11.4. The van der Waals surface area contributed by atoms with Gasteiger partial charge in [0, 0.05) is 22.1 Å². The zero-order valence-electron chi connectivity index (χ0n) is 12.3. The van der Waals surface area contributed by atoms with Gasteiger partial charge in [0.25, 0.3) is 0 Å². The minimum absolute atomic E-state index is 0.106. The number of carbonyl (C=O) groups excluding carboxylic acids is 1. The van der Waals surface area contributed by atoms with E-state index in [0.29, 0.717) is 17.3 Å². The number of thioether (sulfide) groups is 1. The molecule has 112 valence electrons. The molecule has 0 aliphatic rings. The van der Waals surface area contributed by atoms with Crippen molar-refractivity contribution in [1.82, 2.24) is 5.16 Å². The zero-order valence-corrected chi connectivity index (χ0v) is 13.2. The number of benzene rings is 1. The highest BCUT2D eigenvalue weighted by atomic mass is 32.2. The molecule has 0 bridgehead atoms. The molecule has 0 saturated heterocycles. The average molecular weight is 305 g/mol. The van der Waals surface area contributed by atoms with Crippen LogP contribution in [0.5, 0.6) is 0 Å². The van der Waals surface area contributed by atoms with Gasteiger partial charge in [-0.1, -0.05) is 25.9 Å². The fourth-order valence-electron chi connectivity index (χ4n) is 1.57. The van der Waals surface area contributed by atoms with Gasteiger partial charge in [-0.15, -0.1) is 11.8 Å². The summed E-state index contributed by atoms with van der Waals surface area (Å²) in [7, 11) is 0. The van der Waals surface area contributed by atoms with E-state index in [1.807, 2.05) is 45.0 Å². The average Bonchev–Trinajstić information content (AvgIpc) is 2.86. The summed E-state index contributed by atoms with van der Waals surface area (Å²) in [6.07, 6.45) is 0. The van der Waals surface area contributed by atoms with Gasteiger partial charge in [0.15, 0.2) is 0 Å². The Balaban J connectivity index is 1.87. The molecule has 0 aliphatic heterocycles.